The van der Waals surface area contributed by atoms with E-state index < -0.39 is 0 Å². The molecule has 1 saturated heterocycles. The predicted molar refractivity (Wildman–Crippen MR) is 74.5 cm³/mol. The fourth-order valence-corrected chi connectivity index (χ4v) is 2.26. The van der Waals surface area contributed by atoms with Crippen LogP contribution in [0.4, 0.5) is 0 Å². The lowest BCUT2D eigenvalue weighted by Crippen LogP contribution is -2.39. The van der Waals surface area contributed by atoms with Gasteiger partial charge in [-0.2, -0.15) is 5.10 Å². The van der Waals surface area contributed by atoms with Crippen LogP contribution >= 0.6 is 0 Å². The lowest BCUT2D eigenvalue weighted by atomic mass is 10.1. The second-order valence-corrected chi connectivity index (χ2v) is 5.39. The topological polar surface area (TPSA) is 48.3 Å². The van der Waals surface area contributed by atoms with E-state index in [1.165, 1.54) is 6.42 Å². The Morgan fingerprint density at radius 2 is 2.37 bits per heavy atom. The van der Waals surface area contributed by atoms with Crippen LogP contribution in [0.3, 0.4) is 0 Å². The molecule has 1 aliphatic heterocycles. The highest BCUT2D eigenvalue weighted by Crippen LogP contribution is 2.15. The van der Waals surface area contributed by atoms with Crippen LogP contribution in [0.25, 0.3) is 0 Å². The van der Waals surface area contributed by atoms with Gasteiger partial charge in [0.15, 0.2) is 5.75 Å². The van der Waals surface area contributed by atoms with Crippen LogP contribution in [0.1, 0.15) is 39.7 Å². The Morgan fingerprint density at radius 1 is 1.53 bits per heavy atom. The SMILES string of the molecule is CC(NCCOc1cnn(C(C)C)c1)C1CCCO1. The highest BCUT2D eigenvalue weighted by atomic mass is 16.5. The summed E-state index contributed by atoms with van der Waals surface area (Å²) < 4.78 is 13.2. The van der Waals surface area contributed by atoms with E-state index in [0.29, 0.717) is 24.8 Å². The predicted octanol–water partition coefficient (Wildman–Crippen LogP) is 2.00. The normalized spacial score (nSPS) is 20.9. The number of hydrogen-bond donors (Lipinski definition) is 1. The van der Waals surface area contributed by atoms with Crippen molar-refractivity contribution in [1.82, 2.24) is 15.1 Å². The lowest BCUT2D eigenvalue weighted by molar-refractivity contribution is 0.0824. The first-order chi connectivity index (χ1) is 9.16. The van der Waals surface area contributed by atoms with Crippen molar-refractivity contribution < 1.29 is 9.47 Å². The molecule has 5 nitrogen and oxygen atoms in total. The summed E-state index contributed by atoms with van der Waals surface area (Å²) in [4.78, 5) is 0. The van der Waals surface area contributed by atoms with E-state index in [2.05, 4.69) is 31.2 Å². The van der Waals surface area contributed by atoms with E-state index in [9.17, 15) is 0 Å². The van der Waals surface area contributed by atoms with Crippen molar-refractivity contribution in [2.24, 2.45) is 0 Å². The summed E-state index contributed by atoms with van der Waals surface area (Å²) in [6.07, 6.45) is 6.42. The summed E-state index contributed by atoms with van der Waals surface area (Å²) in [5.41, 5.74) is 0. The molecule has 2 unspecified atom stereocenters. The van der Waals surface area contributed by atoms with Crippen LogP contribution < -0.4 is 10.1 Å². The largest absolute Gasteiger partial charge is 0.489 e. The first-order valence-electron chi connectivity index (χ1n) is 7.18. The van der Waals surface area contributed by atoms with Crippen LogP contribution in [-0.4, -0.2) is 41.7 Å². The highest BCUT2D eigenvalue weighted by Gasteiger charge is 2.21. The smallest absolute Gasteiger partial charge is 0.157 e. The van der Waals surface area contributed by atoms with Crippen LogP contribution in [0, 0.1) is 0 Å². The van der Waals surface area contributed by atoms with Gasteiger partial charge in [0.1, 0.15) is 6.61 Å². The third-order valence-corrected chi connectivity index (χ3v) is 3.47. The molecule has 2 atom stereocenters. The molecular formula is C14H25N3O2. The van der Waals surface area contributed by atoms with Crippen molar-refractivity contribution in [3.05, 3.63) is 12.4 Å². The van der Waals surface area contributed by atoms with E-state index in [-0.39, 0.29) is 0 Å². The quantitative estimate of drug-likeness (QED) is 0.768. The van der Waals surface area contributed by atoms with Crippen molar-refractivity contribution in [2.75, 3.05) is 19.8 Å². The molecule has 108 valence electrons. The maximum absolute atomic E-state index is 5.66. The molecule has 19 heavy (non-hydrogen) atoms. The van der Waals surface area contributed by atoms with Gasteiger partial charge in [-0.25, -0.2) is 0 Å². The van der Waals surface area contributed by atoms with E-state index >= 15 is 0 Å². The summed E-state index contributed by atoms with van der Waals surface area (Å²) in [5, 5.41) is 7.69. The van der Waals surface area contributed by atoms with Crippen molar-refractivity contribution >= 4 is 0 Å². The molecule has 0 aliphatic carbocycles. The summed E-state index contributed by atoms with van der Waals surface area (Å²) >= 11 is 0. The number of aromatic nitrogens is 2. The standard InChI is InChI=1S/C14H25N3O2/c1-11(2)17-10-13(9-16-17)18-8-6-15-12(3)14-5-4-7-19-14/h9-12,14-15H,4-8H2,1-3H3. The van der Waals surface area contributed by atoms with Gasteiger partial charge >= 0.3 is 0 Å². The van der Waals surface area contributed by atoms with Gasteiger partial charge in [-0.05, 0) is 33.6 Å². The molecule has 1 aromatic heterocycles. The summed E-state index contributed by atoms with van der Waals surface area (Å²) in [7, 11) is 0. The Labute approximate surface area is 115 Å². The second-order valence-electron chi connectivity index (χ2n) is 5.39. The van der Waals surface area contributed by atoms with Crippen LogP contribution in [0.2, 0.25) is 0 Å². The van der Waals surface area contributed by atoms with Gasteiger partial charge in [0, 0.05) is 25.2 Å². The number of rotatable bonds is 7. The molecule has 0 bridgehead atoms. The van der Waals surface area contributed by atoms with Gasteiger partial charge in [-0.3, -0.25) is 4.68 Å². The Bertz CT molecular complexity index is 373. The van der Waals surface area contributed by atoms with Crippen molar-refractivity contribution in [1.29, 1.82) is 0 Å². The van der Waals surface area contributed by atoms with Crippen LogP contribution in [0.5, 0.6) is 5.75 Å². The Kier molecular flexibility index (Phi) is 5.22. The first-order valence-corrected chi connectivity index (χ1v) is 7.18. The van der Waals surface area contributed by atoms with Gasteiger partial charge < -0.3 is 14.8 Å². The molecule has 2 heterocycles. The second kappa shape index (κ2) is 6.91. The summed E-state index contributed by atoms with van der Waals surface area (Å²) in [6, 6.07) is 0.763. The minimum absolute atomic E-state index is 0.365. The molecule has 0 saturated carbocycles. The third-order valence-electron chi connectivity index (χ3n) is 3.47. The molecule has 1 aromatic rings. The molecule has 1 N–H and O–H groups in total. The molecule has 0 radical (unpaired) electrons. The number of hydrogen-bond acceptors (Lipinski definition) is 4. The minimum Gasteiger partial charge on any atom is -0.489 e. The number of ether oxygens (including phenoxy) is 2. The zero-order valence-corrected chi connectivity index (χ0v) is 12.1. The third kappa shape index (κ3) is 4.21. The monoisotopic (exact) mass is 267 g/mol. The molecule has 0 amide bonds. The van der Waals surface area contributed by atoms with Crippen molar-refractivity contribution in [3.63, 3.8) is 0 Å². The molecule has 5 heteroatoms. The zero-order chi connectivity index (χ0) is 13.7. The maximum Gasteiger partial charge on any atom is 0.157 e. The molecule has 1 fully saturated rings. The number of nitrogens with zero attached hydrogens (tertiary/aromatic N) is 2. The van der Waals surface area contributed by atoms with Gasteiger partial charge in [0.05, 0.1) is 18.5 Å². The molecule has 0 spiro atoms. The van der Waals surface area contributed by atoms with E-state index in [4.69, 9.17) is 9.47 Å². The lowest BCUT2D eigenvalue weighted by Gasteiger charge is -2.19. The summed E-state index contributed by atoms with van der Waals surface area (Å²) in [5.74, 6) is 0.834. The molecule has 1 aliphatic rings. The Hall–Kier alpha value is -1.07. The van der Waals surface area contributed by atoms with E-state index in [0.717, 1.165) is 25.3 Å². The Balaban J connectivity index is 1.63. The molecule has 0 aromatic carbocycles. The van der Waals surface area contributed by atoms with E-state index in [1.807, 2.05) is 10.9 Å². The average Bonchev–Trinajstić information content (AvgIpc) is 3.05. The molecular weight excluding hydrogens is 242 g/mol. The summed E-state index contributed by atoms with van der Waals surface area (Å²) in [6.45, 7) is 8.76. The number of nitrogens with one attached hydrogen (secondary N) is 1. The first kappa shape index (κ1) is 14.3. The Morgan fingerprint density at radius 3 is 3.00 bits per heavy atom. The van der Waals surface area contributed by atoms with E-state index in [1.54, 1.807) is 6.20 Å². The van der Waals surface area contributed by atoms with Gasteiger partial charge in [0.2, 0.25) is 0 Å². The minimum atomic E-state index is 0.365. The maximum atomic E-state index is 5.66. The van der Waals surface area contributed by atoms with Crippen molar-refractivity contribution in [2.45, 2.75) is 51.8 Å². The zero-order valence-electron chi connectivity index (χ0n) is 12.1. The van der Waals surface area contributed by atoms with Crippen LogP contribution in [-0.2, 0) is 4.74 Å². The molecule has 2 rings (SSSR count). The van der Waals surface area contributed by atoms with Crippen LogP contribution in [0.15, 0.2) is 12.4 Å². The van der Waals surface area contributed by atoms with Gasteiger partial charge in [-0.15, -0.1) is 0 Å². The fraction of sp³-hybridized carbons (Fsp3) is 0.786. The fourth-order valence-electron chi connectivity index (χ4n) is 2.26. The van der Waals surface area contributed by atoms with Gasteiger partial charge in [-0.1, -0.05) is 0 Å². The highest BCUT2D eigenvalue weighted by molar-refractivity contribution is 5.11. The average molecular weight is 267 g/mol. The van der Waals surface area contributed by atoms with Crippen molar-refractivity contribution in [3.8, 4) is 5.75 Å². The van der Waals surface area contributed by atoms with Gasteiger partial charge in [0.25, 0.3) is 0 Å².